The Kier molecular flexibility index (Phi) is 8.94. The van der Waals surface area contributed by atoms with Crippen molar-refractivity contribution in [3.05, 3.63) is 133 Å². The minimum absolute atomic E-state index is 0. The summed E-state index contributed by atoms with van der Waals surface area (Å²) >= 11 is 0. The second-order valence-electron chi connectivity index (χ2n) is 7.47. The van der Waals surface area contributed by atoms with E-state index in [2.05, 4.69) is 65.1 Å². The van der Waals surface area contributed by atoms with Crippen LogP contribution < -0.4 is 10.4 Å². The van der Waals surface area contributed by atoms with Gasteiger partial charge in [-0.05, 0) is 48.9 Å². The summed E-state index contributed by atoms with van der Waals surface area (Å²) in [5, 5.41) is 0. The van der Waals surface area contributed by atoms with Crippen molar-refractivity contribution in [1.82, 2.24) is 9.97 Å². The van der Waals surface area contributed by atoms with Gasteiger partial charge in [-0.25, -0.2) is 6.08 Å². The summed E-state index contributed by atoms with van der Waals surface area (Å²) in [4.78, 5) is 10.9. The predicted octanol–water partition coefficient (Wildman–Crippen LogP) is 5.38. The van der Waals surface area contributed by atoms with Crippen LogP contribution in [0.2, 0.25) is 0 Å². The minimum Gasteiger partial charge on any atom is -0.415 e. The van der Waals surface area contributed by atoms with Crippen LogP contribution in [0.4, 0.5) is 5.69 Å². The molecule has 3 nitrogen and oxygen atoms in total. The van der Waals surface area contributed by atoms with Crippen LogP contribution in [-0.2, 0) is 20.1 Å². The van der Waals surface area contributed by atoms with Crippen LogP contribution >= 0.6 is 0 Å². The third-order valence-electron chi connectivity index (χ3n) is 5.19. The summed E-state index contributed by atoms with van der Waals surface area (Å²) < 4.78 is 0. The van der Waals surface area contributed by atoms with Gasteiger partial charge in [0, 0.05) is 43.8 Å². The number of rotatable bonds is 3. The molecule has 165 valence electrons. The summed E-state index contributed by atoms with van der Waals surface area (Å²) in [5.41, 5.74) is 6.78. The number of allylic oxidation sites excluding steroid dienone is 2. The summed E-state index contributed by atoms with van der Waals surface area (Å²) in [6.45, 7) is 4.31. The van der Waals surface area contributed by atoms with E-state index in [9.17, 15) is 0 Å². The molecule has 4 aromatic rings. The minimum atomic E-state index is 0. The van der Waals surface area contributed by atoms with Gasteiger partial charge in [-0.2, -0.15) is 6.08 Å². The van der Waals surface area contributed by atoms with Gasteiger partial charge >= 0.3 is 0 Å². The number of para-hydroxylation sites is 1. The molecule has 0 N–H and O–H groups in total. The van der Waals surface area contributed by atoms with Crippen molar-refractivity contribution >= 4 is 18.1 Å². The SMILES string of the molecule is Cc1cccc(C)c1N1C=CC=[C-]B1c1ccccn1.[Ir].[c-]1ccccc1-c1ccccn1. The molecule has 2 aromatic heterocycles. The maximum atomic E-state index is 4.48. The molecule has 0 bridgehead atoms. The maximum Gasteiger partial charge on any atom is 0.233 e. The van der Waals surface area contributed by atoms with E-state index in [-0.39, 0.29) is 27.0 Å². The van der Waals surface area contributed by atoms with Gasteiger partial charge in [0.2, 0.25) is 6.85 Å². The average molecular weight is 606 g/mol. The summed E-state index contributed by atoms with van der Waals surface area (Å²) in [6.07, 6.45) is 9.70. The Bertz CT molecular complexity index is 1140. The van der Waals surface area contributed by atoms with Crippen molar-refractivity contribution in [1.29, 1.82) is 0 Å². The maximum absolute atomic E-state index is 4.48. The zero-order chi connectivity index (χ0) is 22.2. The van der Waals surface area contributed by atoms with Gasteiger partial charge in [-0.1, -0.05) is 42.6 Å². The van der Waals surface area contributed by atoms with Gasteiger partial charge < -0.3 is 9.79 Å². The third-order valence-corrected chi connectivity index (χ3v) is 5.19. The fourth-order valence-electron chi connectivity index (χ4n) is 3.71. The van der Waals surface area contributed by atoms with Crippen LogP contribution in [0, 0.1) is 25.9 Å². The summed E-state index contributed by atoms with van der Waals surface area (Å²) in [5.74, 6) is 3.39. The van der Waals surface area contributed by atoms with E-state index in [0.717, 1.165) is 16.9 Å². The topological polar surface area (TPSA) is 29.0 Å². The monoisotopic (exact) mass is 606 g/mol. The molecule has 5 heteroatoms. The molecule has 2 aromatic carbocycles. The number of nitrogens with zero attached hydrogens (tertiary/aromatic N) is 3. The molecule has 0 amide bonds. The number of aromatic nitrogens is 2. The number of pyridine rings is 2. The average Bonchev–Trinajstić information content (AvgIpc) is 2.86. The Hall–Kier alpha value is -3.27. The fraction of sp³-hybridized carbons (Fsp3) is 0.0714. The van der Waals surface area contributed by atoms with Crippen molar-refractivity contribution < 1.29 is 20.1 Å². The molecular formula is C28H24BIrN3-2. The molecule has 3 heterocycles. The molecule has 0 saturated carbocycles. The van der Waals surface area contributed by atoms with E-state index < -0.39 is 0 Å². The molecule has 0 aliphatic carbocycles. The van der Waals surface area contributed by atoms with Crippen LogP contribution in [0.3, 0.4) is 0 Å². The van der Waals surface area contributed by atoms with Gasteiger partial charge in [-0.3, -0.25) is 11.0 Å². The number of hydrogen-bond donors (Lipinski definition) is 0. The smallest absolute Gasteiger partial charge is 0.233 e. The first-order chi connectivity index (χ1) is 15.7. The molecule has 0 saturated heterocycles. The van der Waals surface area contributed by atoms with Crippen LogP contribution in [-0.4, -0.2) is 16.8 Å². The van der Waals surface area contributed by atoms with Crippen molar-refractivity contribution in [3.63, 3.8) is 0 Å². The number of hydrogen-bond acceptors (Lipinski definition) is 3. The molecular weight excluding hydrogens is 581 g/mol. The first-order valence-electron chi connectivity index (χ1n) is 10.6. The Morgan fingerprint density at radius 2 is 1.52 bits per heavy atom. The van der Waals surface area contributed by atoms with Crippen molar-refractivity contribution in [2.75, 3.05) is 4.81 Å². The van der Waals surface area contributed by atoms with Gasteiger partial charge in [0.15, 0.2) is 0 Å². The zero-order valence-corrected chi connectivity index (χ0v) is 21.0. The van der Waals surface area contributed by atoms with E-state index in [1.807, 2.05) is 79.0 Å². The first-order valence-corrected chi connectivity index (χ1v) is 10.6. The normalized spacial score (nSPS) is 11.9. The Labute approximate surface area is 210 Å². The predicted molar refractivity (Wildman–Crippen MR) is 133 cm³/mol. The Morgan fingerprint density at radius 1 is 0.788 bits per heavy atom. The molecule has 0 atom stereocenters. The van der Waals surface area contributed by atoms with Gasteiger partial charge in [0.25, 0.3) is 0 Å². The quantitative estimate of drug-likeness (QED) is 0.232. The van der Waals surface area contributed by atoms with E-state index in [0.29, 0.717) is 0 Å². The van der Waals surface area contributed by atoms with E-state index in [1.165, 1.54) is 16.8 Å². The van der Waals surface area contributed by atoms with Gasteiger partial charge in [-0.15, -0.1) is 35.9 Å². The molecule has 1 radical (unpaired) electrons. The zero-order valence-electron chi connectivity index (χ0n) is 18.6. The number of benzene rings is 2. The molecule has 1 aliphatic rings. The van der Waals surface area contributed by atoms with Crippen molar-refractivity contribution in [2.24, 2.45) is 0 Å². The standard InChI is InChI=1S/C17H16BN2.C11H8N.Ir/c1-14-8-7-9-15(2)17(14)20-13-6-4-11-18(20)16-10-3-5-12-19-16;1-2-6-10(7-3-1)11-8-4-5-9-12-11;/h3-10,12-13H,1-2H3;1-6,8-9H;/q2*-1;. The first kappa shape index (κ1) is 24.4. The number of anilines is 1. The molecule has 0 unspecified atom stereocenters. The number of aryl methyl sites for hydroxylation is 2. The van der Waals surface area contributed by atoms with Crippen LogP contribution in [0.25, 0.3) is 11.3 Å². The molecule has 5 rings (SSSR count). The van der Waals surface area contributed by atoms with Gasteiger partial charge in [0.05, 0.1) is 0 Å². The molecule has 0 fully saturated rings. The third kappa shape index (κ3) is 6.16. The van der Waals surface area contributed by atoms with E-state index >= 15 is 0 Å². The second-order valence-corrected chi connectivity index (χ2v) is 7.47. The second kappa shape index (κ2) is 12.1. The van der Waals surface area contributed by atoms with E-state index in [4.69, 9.17) is 0 Å². The van der Waals surface area contributed by atoms with Crippen molar-refractivity contribution in [2.45, 2.75) is 13.8 Å². The van der Waals surface area contributed by atoms with Crippen LogP contribution in [0.5, 0.6) is 0 Å². The fourth-order valence-corrected chi connectivity index (χ4v) is 3.71. The van der Waals surface area contributed by atoms with Gasteiger partial charge in [0.1, 0.15) is 0 Å². The summed E-state index contributed by atoms with van der Waals surface area (Å²) in [6, 6.07) is 29.2. The molecule has 0 spiro atoms. The largest absolute Gasteiger partial charge is 0.415 e. The molecule has 33 heavy (non-hydrogen) atoms. The van der Waals surface area contributed by atoms with Crippen LogP contribution in [0.1, 0.15) is 11.1 Å². The van der Waals surface area contributed by atoms with Crippen LogP contribution in [0.15, 0.2) is 110 Å². The molecule has 1 aliphatic heterocycles. The Morgan fingerprint density at radius 3 is 2.15 bits per heavy atom. The van der Waals surface area contributed by atoms with Crippen molar-refractivity contribution in [3.8, 4) is 11.3 Å². The Balaban J connectivity index is 0.000000202. The van der Waals surface area contributed by atoms with E-state index in [1.54, 1.807) is 6.20 Å². The summed E-state index contributed by atoms with van der Waals surface area (Å²) in [7, 11) is 0.